The maximum absolute atomic E-state index is 12.5. The topological polar surface area (TPSA) is 57.6 Å². The molecule has 0 saturated carbocycles. The summed E-state index contributed by atoms with van der Waals surface area (Å²) in [5.74, 6) is -0.572. The Labute approximate surface area is 125 Å². The quantitative estimate of drug-likeness (QED) is 0.905. The maximum Gasteiger partial charge on any atom is 0.312 e. The molecule has 114 valence electrons. The Morgan fingerprint density at radius 3 is 2.57 bits per heavy atom. The van der Waals surface area contributed by atoms with Crippen molar-refractivity contribution in [3.63, 3.8) is 0 Å². The van der Waals surface area contributed by atoms with Gasteiger partial charge in [-0.2, -0.15) is 0 Å². The largest absolute Gasteiger partial charge is 0.481 e. The van der Waals surface area contributed by atoms with Crippen LogP contribution in [-0.4, -0.2) is 23.5 Å². The predicted molar refractivity (Wildman–Crippen MR) is 82.4 cm³/mol. The van der Waals surface area contributed by atoms with Crippen LogP contribution >= 0.6 is 0 Å². The van der Waals surface area contributed by atoms with Gasteiger partial charge in [-0.05, 0) is 29.9 Å². The third-order valence-corrected chi connectivity index (χ3v) is 3.96. The Morgan fingerprint density at radius 1 is 1.29 bits per heavy atom. The van der Waals surface area contributed by atoms with Crippen molar-refractivity contribution in [2.75, 3.05) is 11.4 Å². The van der Waals surface area contributed by atoms with Gasteiger partial charge in [0.15, 0.2) is 0 Å². The Bertz CT molecular complexity index is 539. The van der Waals surface area contributed by atoms with E-state index in [-0.39, 0.29) is 12.5 Å². The number of amides is 1. The fourth-order valence-corrected chi connectivity index (χ4v) is 3.15. The number of hydrogen-bond donors (Lipinski definition) is 1. The first-order valence-corrected chi connectivity index (χ1v) is 7.52. The zero-order valence-corrected chi connectivity index (χ0v) is 12.9. The zero-order chi connectivity index (χ0) is 15.6. The minimum atomic E-state index is -0.868. The molecule has 1 aliphatic rings. The van der Waals surface area contributed by atoms with Gasteiger partial charge in [0.1, 0.15) is 5.92 Å². The van der Waals surface area contributed by atoms with E-state index >= 15 is 0 Å². The summed E-state index contributed by atoms with van der Waals surface area (Å²) < 4.78 is 0. The molecule has 1 aromatic carbocycles. The molecule has 1 N–H and O–H groups in total. The highest BCUT2D eigenvalue weighted by molar-refractivity contribution is 5.99. The van der Waals surface area contributed by atoms with Crippen LogP contribution in [0.15, 0.2) is 24.3 Å². The van der Waals surface area contributed by atoms with Crippen molar-refractivity contribution in [3.8, 4) is 0 Å². The van der Waals surface area contributed by atoms with Gasteiger partial charge in [-0.3, -0.25) is 9.59 Å². The van der Waals surface area contributed by atoms with Crippen molar-refractivity contribution < 1.29 is 14.7 Å². The van der Waals surface area contributed by atoms with Gasteiger partial charge >= 0.3 is 5.97 Å². The van der Waals surface area contributed by atoms with Crippen LogP contribution in [0.4, 0.5) is 5.69 Å². The van der Waals surface area contributed by atoms with Gasteiger partial charge in [0, 0.05) is 18.7 Å². The molecule has 2 unspecified atom stereocenters. The van der Waals surface area contributed by atoms with Crippen LogP contribution in [0.5, 0.6) is 0 Å². The third kappa shape index (κ3) is 3.43. The van der Waals surface area contributed by atoms with Gasteiger partial charge in [0.05, 0.1) is 0 Å². The molecule has 21 heavy (non-hydrogen) atoms. The summed E-state index contributed by atoms with van der Waals surface area (Å²) >= 11 is 0. The van der Waals surface area contributed by atoms with Crippen molar-refractivity contribution in [1.29, 1.82) is 0 Å². The van der Waals surface area contributed by atoms with Crippen LogP contribution in [0.2, 0.25) is 0 Å². The van der Waals surface area contributed by atoms with E-state index in [0.29, 0.717) is 18.3 Å². The second-order valence-corrected chi connectivity index (χ2v) is 6.39. The Hall–Kier alpha value is -1.84. The lowest BCUT2D eigenvalue weighted by molar-refractivity contribution is -0.138. The lowest BCUT2D eigenvalue weighted by Crippen LogP contribution is -2.32. The van der Waals surface area contributed by atoms with E-state index in [1.807, 2.05) is 18.2 Å². The third-order valence-electron chi connectivity index (χ3n) is 3.96. The summed E-state index contributed by atoms with van der Waals surface area (Å²) in [6.45, 7) is 6.62. The highest BCUT2D eigenvalue weighted by Crippen LogP contribution is 2.37. The van der Waals surface area contributed by atoms with Crippen LogP contribution in [0, 0.1) is 11.8 Å². The molecule has 0 radical (unpaired) electrons. The molecular weight excluding hydrogens is 266 g/mol. The number of carboxylic acid groups (broad SMARTS) is 1. The number of rotatable bonds is 5. The summed E-state index contributed by atoms with van der Waals surface area (Å²) in [5, 5.41) is 9.32. The molecule has 0 bridgehead atoms. The minimum absolute atomic E-state index is 0.0272. The second-order valence-electron chi connectivity index (χ2n) is 6.39. The van der Waals surface area contributed by atoms with Gasteiger partial charge in [-0.25, -0.2) is 0 Å². The van der Waals surface area contributed by atoms with Crippen LogP contribution in [0.1, 0.15) is 45.1 Å². The smallest absolute Gasteiger partial charge is 0.312 e. The number of anilines is 1. The first kappa shape index (κ1) is 15.5. The molecule has 1 aliphatic heterocycles. The normalized spacial score (nSPS) is 18.7. The lowest BCUT2D eigenvalue weighted by atomic mass is 9.95. The molecule has 2 rings (SSSR count). The number of hydrogen-bond acceptors (Lipinski definition) is 2. The highest BCUT2D eigenvalue weighted by atomic mass is 16.4. The van der Waals surface area contributed by atoms with Crippen molar-refractivity contribution in [1.82, 2.24) is 0 Å². The van der Waals surface area contributed by atoms with Crippen LogP contribution in [0.3, 0.4) is 0 Å². The number of fused-ring (bicyclic) bond motifs is 1. The maximum atomic E-state index is 12.5. The van der Waals surface area contributed by atoms with Gasteiger partial charge < -0.3 is 10.0 Å². The van der Waals surface area contributed by atoms with Crippen LogP contribution < -0.4 is 4.90 Å². The molecule has 1 amide bonds. The first-order chi connectivity index (χ1) is 9.90. The average Bonchev–Trinajstić information content (AvgIpc) is 2.77. The molecule has 0 fully saturated rings. The molecule has 0 saturated heterocycles. The summed E-state index contributed by atoms with van der Waals surface area (Å²) in [5.41, 5.74) is 1.50. The van der Waals surface area contributed by atoms with E-state index in [1.54, 1.807) is 11.0 Å². The van der Waals surface area contributed by atoms with Crippen molar-refractivity contribution in [2.24, 2.45) is 11.8 Å². The average molecular weight is 289 g/mol. The standard InChI is InChI=1S/C17H23NO3/c1-11(2)8-12(3)9-16(19)18-10-14(17(20)21)13-6-4-5-7-15(13)18/h4-7,11-12,14H,8-10H2,1-3H3,(H,20,21). The first-order valence-electron chi connectivity index (χ1n) is 7.52. The molecule has 4 heteroatoms. The van der Waals surface area contributed by atoms with Gasteiger partial charge in [0.2, 0.25) is 5.91 Å². The Balaban J connectivity index is 2.14. The van der Waals surface area contributed by atoms with E-state index < -0.39 is 11.9 Å². The molecule has 0 aliphatic carbocycles. The summed E-state index contributed by atoms with van der Waals surface area (Å²) in [4.78, 5) is 25.5. The van der Waals surface area contributed by atoms with E-state index in [4.69, 9.17) is 0 Å². The molecule has 1 aromatic rings. The minimum Gasteiger partial charge on any atom is -0.481 e. The van der Waals surface area contributed by atoms with E-state index in [9.17, 15) is 14.7 Å². The Kier molecular flexibility index (Phi) is 4.66. The number of aliphatic carboxylic acids is 1. The molecule has 2 atom stereocenters. The van der Waals surface area contributed by atoms with Gasteiger partial charge in [0.25, 0.3) is 0 Å². The van der Waals surface area contributed by atoms with Crippen molar-refractivity contribution in [3.05, 3.63) is 29.8 Å². The second kappa shape index (κ2) is 6.29. The van der Waals surface area contributed by atoms with Gasteiger partial charge in [-0.1, -0.05) is 39.0 Å². The molecular formula is C17H23NO3. The molecule has 4 nitrogen and oxygen atoms in total. The fourth-order valence-electron chi connectivity index (χ4n) is 3.15. The molecule has 1 heterocycles. The number of carboxylic acids is 1. The number of benzene rings is 1. The van der Waals surface area contributed by atoms with Gasteiger partial charge in [-0.15, -0.1) is 0 Å². The predicted octanol–water partition coefficient (Wildman–Crippen LogP) is 3.27. The highest BCUT2D eigenvalue weighted by Gasteiger charge is 2.36. The number of carbonyl (C=O) groups is 2. The van der Waals surface area contributed by atoms with E-state index in [1.165, 1.54) is 0 Å². The Morgan fingerprint density at radius 2 is 1.95 bits per heavy atom. The lowest BCUT2D eigenvalue weighted by Gasteiger charge is -2.20. The monoisotopic (exact) mass is 289 g/mol. The van der Waals surface area contributed by atoms with E-state index in [0.717, 1.165) is 17.7 Å². The number of para-hydroxylation sites is 1. The summed E-state index contributed by atoms with van der Waals surface area (Å²) in [7, 11) is 0. The zero-order valence-electron chi connectivity index (χ0n) is 12.9. The summed E-state index contributed by atoms with van der Waals surface area (Å²) in [6.07, 6.45) is 1.47. The van der Waals surface area contributed by atoms with Crippen LogP contribution in [0.25, 0.3) is 0 Å². The number of nitrogens with zero attached hydrogens (tertiary/aromatic N) is 1. The molecule has 0 aromatic heterocycles. The SMILES string of the molecule is CC(C)CC(C)CC(=O)N1CC(C(=O)O)c2ccccc21. The van der Waals surface area contributed by atoms with Crippen molar-refractivity contribution in [2.45, 2.75) is 39.5 Å². The van der Waals surface area contributed by atoms with E-state index in [2.05, 4.69) is 20.8 Å². The number of carbonyl (C=O) groups excluding carboxylic acids is 1. The molecule has 0 spiro atoms. The fraction of sp³-hybridized carbons (Fsp3) is 0.529. The van der Waals surface area contributed by atoms with Crippen molar-refractivity contribution >= 4 is 17.6 Å². The summed E-state index contributed by atoms with van der Waals surface area (Å²) in [6, 6.07) is 7.31. The van der Waals surface area contributed by atoms with Crippen LogP contribution in [-0.2, 0) is 9.59 Å².